The van der Waals surface area contributed by atoms with E-state index in [-0.39, 0.29) is 145 Å². The second-order valence-electron chi connectivity index (χ2n) is 35.5. The van der Waals surface area contributed by atoms with Crippen LogP contribution in [0, 0.1) is 57.1 Å². The molecule has 6 aromatic heterocycles. The Kier molecular flexibility index (Phi) is 26.2. The standard InChI is InChI=1S/C97H93Cl4F4N13O14S2/c1-48-75-49(2)82(99)86(81(48)98)130-64(45-126-62-17-20-71(128-43-60-22-24-107-96(113-60)118-39-66-67(40-118)97(66,104)105)57(33-62)36-72(94(121)122)131-90-79-77(75)87(133-92(79)110-46-108-90)53-11-14-58(102)15-12-53)38-117-30-27-115(6)69(41-117)65-34-55(13-18-68(65)103)88-78-76-50(3)83(100)85(84(101)51(76)4)129-63(37-116-28-25-114(5)26-29-116)44-125-61-16-19-70(56(32-61)35-73(95(123)124)132-91-80(78)93(134-88)111-47-109-91)127-42-59-21-23-106-89(112-59)54-9-7-52(8-10-54)31-74(119)120/h11-24,32-34,46-47,52,54,63-64,66-67,69,72-73H,7-10,25-31,35-45H2,1-6H3,(H,119,120)(H,121,122)(H,123,124)/t52-,54-,63-,64-,66?,67?,69?,72-,73-/m1/s1. The fourth-order valence-electron chi connectivity index (χ4n) is 19.3. The van der Waals surface area contributed by atoms with Crippen molar-refractivity contribution >= 4 is 113 Å². The van der Waals surface area contributed by atoms with Gasteiger partial charge in [-0.15, -0.1) is 22.7 Å². The largest absolute Gasteiger partial charge is 0.490 e. The molecule has 0 spiro atoms. The molecule has 2 aliphatic carbocycles. The summed E-state index contributed by atoms with van der Waals surface area (Å²) in [4.78, 5) is 89.5. The number of halogens is 8. The second-order valence-corrected chi connectivity index (χ2v) is 39.0. The number of aliphatic carboxylic acids is 3. The lowest BCUT2D eigenvalue weighted by molar-refractivity contribution is -0.145. The quantitative estimate of drug-likeness (QED) is 0.0633. The number of thiophene rings is 2. The van der Waals surface area contributed by atoms with Crippen molar-refractivity contribution in [2.24, 2.45) is 17.8 Å². The van der Waals surface area contributed by atoms with Gasteiger partial charge in [-0.2, -0.15) is 0 Å². The number of carboxylic acids is 3. The van der Waals surface area contributed by atoms with Crippen LogP contribution in [-0.2, 0) is 40.4 Å². The number of alkyl halides is 2. The first-order chi connectivity index (χ1) is 64.5. The molecule has 3 unspecified atom stereocenters. The van der Waals surface area contributed by atoms with Crippen LogP contribution in [0.25, 0.3) is 63.6 Å². The molecule has 37 heteroatoms. The van der Waals surface area contributed by atoms with Crippen LogP contribution in [0.2, 0.25) is 20.1 Å². The summed E-state index contributed by atoms with van der Waals surface area (Å²) in [5.41, 5.74) is 7.29. The molecule has 13 heterocycles. The van der Waals surface area contributed by atoms with E-state index in [2.05, 4.69) is 46.6 Å². The normalized spacial score (nSPS) is 21.7. The third-order valence-electron chi connectivity index (χ3n) is 26.7. The summed E-state index contributed by atoms with van der Waals surface area (Å²) in [5.74, 6) is -6.34. The first-order valence-corrected chi connectivity index (χ1v) is 47.5. The molecule has 12 aromatic rings. The minimum atomic E-state index is -2.72. The number of carbonyl (C=O) groups is 3. The number of hydrogen-bond donors (Lipinski definition) is 3. The molecule has 8 bridgehead atoms. The van der Waals surface area contributed by atoms with E-state index in [0.717, 1.165) is 51.9 Å². The number of piperazine rings is 2. The van der Waals surface area contributed by atoms with Crippen molar-refractivity contribution in [3.8, 4) is 89.4 Å². The molecule has 7 atom stereocenters. The maximum absolute atomic E-state index is 17.7. The third kappa shape index (κ3) is 18.7. The molecule has 0 amide bonds. The highest BCUT2D eigenvalue weighted by Gasteiger charge is 2.72. The van der Waals surface area contributed by atoms with Crippen LogP contribution < -0.4 is 42.8 Å². The van der Waals surface area contributed by atoms with Gasteiger partial charge in [0.2, 0.25) is 29.9 Å². The van der Waals surface area contributed by atoms with Crippen molar-refractivity contribution in [3.63, 3.8) is 0 Å². The summed E-state index contributed by atoms with van der Waals surface area (Å²) >= 11 is 33.3. The molecule has 3 saturated heterocycles. The van der Waals surface area contributed by atoms with E-state index in [4.69, 9.17) is 104 Å². The summed E-state index contributed by atoms with van der Waals surface area (Å²) in [7, 11) is 4.00. The van der Waals surface area contributed by atoms with Gasteiger partial charge < -0.3 is 63.0 Å². The molecule has 7 aliphatic heterocycles. The number of piperidine rings is 1. The maximum atomic E-state index is 17.7. The third-order valence-corrected chi connectivity index (χ3v) is 30.8. The Labute approximate surface area is 796 Å². The smallest absolute Gasteiger partial charge is 0.345 e. The summed E-state index contributed by atoms with van der Waals surface area (Å²) < 4.78 is 116. The van der Waals surface area contributed by atoms with Gasteiger partial charge in [0.1, 0.15) is 101 Å². The molecule has 0 radical (unpaired) electrons. The predicted octanol–water partition coefficient (Wildman–Crippen LogP) is 18.3. The lowest BCUT2D eigenvalue weighted by Gasteiger charge is -2.41. The number of likely N-dealkylation sites (N-methyl/N-ethyl adjacent to an activating group) is 2. The Morgan fingerprint density at radius 3 is 1.57 bits per heavy atom. The van der Waals surface area contributed by atoms with Gasteiger partial charge in [-0.25, -0.2) is 67.0 Å². The van der Waals surface area contributed by atoms with Crippen molar-refractivity contribution in [1.82, 2.24) is 59.5 Å². The molecule has 134 heavy (non-hydrogen) atoms. The molecule has 5 fully saturated rings. The Morgan fingerprint density at radius 2 is 1.04 bits per heavy atom. The molecular weight excluding hydrogens is 1850 g/mol. The van der Waals surface area contributed by atoms with Crippen molar-refractivity contribution in [2.75, 3.05) is 104 Å². The van der Waals surface area contributed by atoms with Gasteiger partial charge in [0.05, 0.1) is 60.1 Å². The zero-order chi connectivity index (χ0) is 93.4. The number of anilines is 1. The summed E-state index contributed by atoms with van der Waals surface area (Å²) in [6.45, 7) is 11.9. The van der Waals surface area contributed by atoms with Crippen LogP contribution in [0.4, 0.5) is 23.5 Å². The minimum absolute atomic E-state index is 0.00474. The average molecular weight is 1950 g/mol. The highest BCUT2D eigenvalue weighted by atomic mass is 35.5. The average Bonchev–Trinajstić information content (AvgIpc) is 1.54. The Hall–Kier alpha value is -11.1. The Morgan fingerprint density at radius 1 is 0.545 bits per heavy atom. The van der Waals surface area contributed by atoms with Gasteiger partial charge in [-0.05, 0) is 191 Å². The van der Waals surface area contributed by atoms with E-state index in [9.17, 15) is 42.9 Å². The second kappa shape index (κ2) is 38.2. The lowest BCUT2D eigenvalue weighted by atomic mass is 9.80. The predicted molar refractivity (Wildman–Crippen MR) is 499 cm³/mol. The van der Waals surface area contributed by atoms with Crippen LogP contribution in [0.3, 0.4) is 0 Å². The van der Waals surface area contributed by atoms with E-state index in [1.54, 1.807) is 91.7 Å². The highest BCUT2D eigenvalue weighted by molar-refractivity contribution is 7.23. The number of ether oxygens (including phenoxy) is 8. The zero-order valence-electron chi connectivity index (χ0n) is 73.7. The Balaban J connectivity index is 0.670. The molecule has 27 nitrogen and oxygen atoms in total. The number of hydrogen-bond acceptors (Lipinski definition) is 26. The molecule has 2 saturated carbocycles. The minimum Gasteiger partial charge on any atom is -0.490 e. The van der Waals surface area contributed by atoms with Crippen molar-refractivity contribution in [1.29, 1.82) is 0 Å². The topological polar surface area (TPSA) is 305 Å². The van der Waals surface area contributed by atoms with Gasteiger partial charge in [0, 0.05) is 147 Å². The molecule has 21 rings (SSSR count). The van der Waals surface area contributed by atoms with Gasteiger partial charge in [-0.1, -0.05) is 64.6 Å². The summed E-state index contributed by atoms with van der Waals surface area (Å²) in [5, 5.41) is 33.5. The number of carboxylic acid groups (broad SMARTS) is 3. The van der Waals surface area contributed by atoms with Crippen LogP contribution >= 0.6 is 69.1 Å². The van der Waals surface area contributed by atoms with Crippen LogP contribution in [0.5, 0.6) is 46.3 Å². The van der Waals surface area contributed by atoms with E-state index in [1.807, 2.05) is 27.0 Å². The zero-order valence-corrected chi connectivity index (χ0v) is 78.4. The SMILES string of the molecule is Cc1c(Cl)c2c(Cl)c(C)c1-c1c(-c3ccc(F)c(C4CN(C[C@@H]5COc6ccc(OCc7ccnc(N8CC9C(C8)C9(F)F)n7)c(c6)C[C@H](C(=O)O)Oc6ncnc7sc(-c8ccc(F)cc8)c(c67)-c6c(C)c(Cl)c(c(Cl)c6C)O5)CCN4C)c3)sc3ncnc(c13)O[C@@H](C(=O)O)Cc1cc(ccc1OCc1ccnc([C@H]3CC[C@H](CC(=O)O)CC3)n1)OC[C@@H](CN1CCN(C)CC1)O2. The summed E-state index contributed by atoms with van der Waals surface area (Å²) in [6, 6.07) is 23.7. The summed E-state index contributed by atoms with van der Waals surface area (Å²) in [6.07, 6.45) is 3.42. The molecule has 698 valence electrons. The first kappa shape index (κ1) is 92.0. The van der Waals surface area contributed by atoms with Crippen molar-refractivity contribution in [3.05, 3.63) is 204 Å². The van der Waals surface area contributed by atoms with Crippen LogP contribution in [0.1, 0.15) is 100 Å². The van der Waals surface area contributed by atoms with Crippen molar-refractivity contribution in [2.45, 2.75) is 128 Å². The molecular formula is C97H93Cl4F4N13O14S2. The lowest BCUT2D eigenvalue weighted by Crippen LogP contribution is -2.50. The molecule has 9 aliphatic rings. The maximum Gasteiger partial charge on any atom is 0.345 e. The number of benzene rings is 6. The number of aromatic nitrogens is 8. The molecule has 3 N–H and O–H groups in total. The van der Waals surface area contributed by atoms with E-state index >= 15 is 4.39 Å². The Bertz CT molecular complexity index is 6500. The van der Waals surface area contributed by atoms with Gasteiger partial charge in [0.15, 0.2) is 11.5 Å². The van der Waals surface area contributed by atoms with Crippen molar-refractivity contribution < 1.29 is 85.2 Å². The van der Waals surface area contributed by atoms with E-state index < -0.39 is 77.8 Å². The van der Waals surface area contributed by atoms with E-state index in [0.29, 0.717) is 151 Å². The fourth-order valence-corrected chi connectivity index (χ4v) is 22.6. The van der Waals surface area contributed by atoms with Crippen LogP contribution in [-0.4, -0.2) is 222 Å². The van der Waals surface area contributed by atoms with Gasteiger partial charge in [-0.3, -0.25) is 19.5 Å². The van der Waals surface area contributed by atoms with Crippen LogP contribution in [0.15, 0.2) is 116 Å². The highest BCUT2D eigenvalue weighted by Crippen LogP contribution is 2.60. The monoisotopic (exact) mass is 1940 g/mol. The molecule has 6 aromatic carbocycles. The fraction of sp³-hybridized carbons (Fsp3) is 0.392. The van der Waals surface area contributed by atoms with E-state index in [1.165, 1.54) is 59.7 Å². The van der Waals surface area contributed by atoms with Gasteiger partial charge in [0.25, 0.3) is 5.92 Å². The number of nitrogens with zero attached hydrogens (tertiary/aromatic N) is 13. The number of rotatable bonds is 19. The number of fused-ring (bicyclic) bond motifs is 15. The van der Waals surface area contributed by atoms with Gasteiger partial charge >= 0.3 is 17.9 Å². The first-order valence-electron chi connectivity index (χ1n) is 44.3.